The summed E-state index contributed by atoms with van der Waals surface area (Å²) in [5.41, 5.74) is 0.809. The van der Waals surface area contributed by atoms with Crippen LogP contribution in [0.5, 0.6) is 0 Å². The minimum atomic E-state index is 0.372. The summed E-state index contributed by atoms with van der Waals surface area (Å²) in [4.78, 5) is 2.77. The normalized spacial score (nSPS) is 19.9. The Labute approximate surface area is 121 Å². The van der Waals surface area contributed by atoms with E-state index in [-0.39, 0.29) is 0 Å². The third-order valence-electron chi connectivity index (χ3n) is 5.14. The van der Waals surface area contributed by atoms with Gasteiger partial charge in [0, 0.05) is 11.6 Å². The maximum atomic E-state index is 3.65. The number of hydrogen-bond donors (Lipinski definition) is 1. The Morgan fingerprint density at radius 2 is 1.58 bits per heavy atom. The average molecular weight is 268 g/mol. The lowest BCUT2D eigenvalue weighted by atomic mass is 9.77. The van der Waals surface area contributed by atoms with Gasteiger partial charge in [0.25, 0.3) is 0 Å². The molecule has 0 spiro atoms. The van der Waals surface area contributed by atoms with Gasteiger partial charge < -0.3 is 5.32 Å². The Balaban J connectivity index is 2.80. The zero-order valence-corrected chi connectivity index (χ0v) is 14.2. The van der Waals surface area contributed by atoms with Crippen molar-refractivity contribution in [1.82, 2.24) is 10.2 Å². The van der Waals surface area contributed by atoms with Crippen LogP contribution in [0.1, 0.15) is 73.1 Å². The minimum absolute atomic E-state index is 0.372. The molecule has 1 heterocycles. The highest BCUT2D eigenvalue weighted by atomic mass is 15.2. The highest BCUT2D eigenvalue weighted by Gasteiger charge is 2.41. The summed E-state index contributed by atoms with van der Waals surface area (Å²) in [6, 6.07) is 0.625. The Morgan fingerprint density at radius 3 is 1.95 bits per heavy atom. The van der Waals surface area contributed by atoms with Gasteiger partial charge in [0.15, 0.2) is 0 Å². The molecule has 1 saturated heterocycles. The van der Waals surface area contributed by atoms with Crippen molar-refractivity contribution in [3.63, 3.8) is 0 Å². The molecular weight excluding hydrogens is 232 g/mol. The summed E-state index contributed by atoms with van der Waals surface area (Å²) >= 11 is 0. The molecular formula is C17H36N2. The lowest BCUT2D eigenvalue weighted by Gasteiger charge is -2.47. The molecule has 1 aliphatic rings. The molecule has 0 aromatic rings. The van der Waals surface area contributed by atoms with E-state index in [1.54, 1.807) is 0 Å². The van der Waals surface area contributed by atoms with Gasteiger partial charge in [0.2, 0.25) is 0 Å². The molecule has 0 saturated carbocycles. The van der Waals surface area contributed by atoms with Crippen LogP contribution in [0.4, 0.5) is 0 Å². The maximum Gasteiger partial charge on any atom is 0.0357 e. The van der Waals surface area contributed by atoms with E-state index in [0.717, 1.165) is 0 Å². The second kappa shape index (κ2) is 7.08. The number of nitrogens with zero attached hydrogens (tertiary/aromatic N) is 1. The lowest BCUT2D eigenvalue weighted by molar-refractivity contribution is 0.0570. The fourth-order valence-corrected chi connectivity index (χ4v) is 3.83. The van der Waals surface area contributed by atoms with Gasteiger partial charge in [0.1, 0.15) is 0 Å². The fourth-order valence-electron chi connectivity index (χ4n) is 3.83. The molecule has 2 nitrogen and oxygen atoms in total. The van der Waals surface area contributed by atoms with Crippen LogP contribution in [0.15, 0.2) is 0 Å². The largest absolute Gasteiger partial charge is 0.315 e. The van der Waals surface area contributed by atoms with E-state index in [2.05, 4.69) is 51.9 Å². The van der Waals surface area contributed by atoms with Gasteiger partial charge in [-0.05, 0) is 64.1 Å². The molecule has 19 heavy (non-hydrogen) atoms. The predicted molar refractivity (Wildman–Crippen MR) is 85.7 cm³/mol. The van der Waals surface area contributed by atoms with Crippen LogP contribution in [0, 0.1) is 5.41 Å². The zero-order valence-electron chi connectivity index (χ0n) is 14.2. The lowest BCUT2D eigenvalue weighted by Crippen LogP contribution is -2.59. The zero-order chi connectivity index (χ0) is 14.5. The quantitative estimate of drug-likeness (QED) is 0.749. The van der Waals surface area contributed by atoms with Crippen LogP contribution >= 0.6 is 0 Å². The molecule has 2 heteroatoms. The fraction of sp³-hybridized carbons (Fsp3) is 1.00. The highest BCUT2D eigenvalue weighted by molar-refractivity contribution is 5.00. The number of nitrogens with one attached hydrogen (secondary N) is 1. The maximum absolute atomic E-state index is 3.65. The van der Waals surface area contributed by atoms with E-state index in [4.69, 9.17) is 0 Å². The molecule has 1 atom stereocenters. The second-order valence-electron chi connectivity index (χ2n) is 7.45. The molecule has 114 valence electrons. The van der Waals surface area contributed by atoms with Crippen LogP contribution in [-0.2, 0) is 0 Å². The molecule has 1 rings (SSSR count). The molecule has 0 amide bonds. The standard InChI is InChI=1S/C17H36N2/c1-7-17(8-2,19-13-9-10-14-19)15(18-6)11-12-16(3,4)5/h15,18H,7-14H2,1-6H3. The van der Waals surface area contributed by atoms with Gasteiger partial charge in [-0.3, -0.25) is 4.90 Å². The Bertz CT molecular complexity index is 244. The van der Waals surface area contributed by atoms with Gasteiger partial charge in [-0.25, -0.2) is 0 Å². The number of likely N-dealkylation sites (tertiary alicyclic amines) is 1. The minimum Gasteiger partial charge on any atom is -0.315 e. The predicted octanol–water partition coefficient (Wildman–Crippen LogP) is 4.06. The van der Waals surface area contributed by atoms with Crippen molar-refractivity contribution in [3.8, 4) is 0 Å². The summed E-state index contributed by atoms with van der Waals surface area (Å²) in [6.07, 6.45) is 7.89. The van der Waals surface area contributed by atoms with E-state index in [0.29, 0.717) is 17.0 Å². The summed E-state index contributed by atoms with van der Waals surface area (Å²) in [7, 11) is 2.16. The van der Waals surface area contributed by atoms with Crippen molar-refractivity contribution in [3.05, 3.63) is 0 Å². The van der Waals surface area contributed by atoms with E-state index in [1.165, 1.54) is 51.6 Å². The first-order chi connectivity index (χ1) is 8.89. The second-order valence-corrected chi connectivity index (χ2v) is 7.45. The summed E-state index contributed by atoms with van der Waals surface area (Å²) in [5, 5.41) is 3.65. The third kappa shape index (κ3) is 4.19. The molecule has 1 unspecified atom stereocenters. The van der Waals surface area contributed by atoms with Gasteiger partial charge in [-0.2, -0.15) is 0 Å². The first-order valence-electron chi connectivity index (χ1n) is 8.32. The van der Waals surface area contributed by atoms with Crippen molar-refractivity contribution < 1.29 is 0 Å². The van der Waals surface area contributed by atoms with Gasteiger partial charge >= 0.3 is 0 Å². The Kier molecular flexibility index (Phi) is 6.32. The molecule has 1 N–H and O–H groups in total. The number of hydrogen-bond acceptors (Lipinski definition) is 2. The molecule has 0 aliphatic carbocycles. The first-order valence-corrected chi connectivity index (χ1v) is 8.32. The van der Waals surface area contributed by atoms with Crippen molar-refractivity contribution in [1.29, 1.82) is 0 Å². The highest BCUT2D eigenvalue weighted by Crippen LogP contribution is 2.35. The van der Waals surface area contributed by atoms with Crippen molar-refractivity contribution in [2.75, 3.05) is 20.1 Å². The number of likely N-dealkylation sites (N-methyl/N-ethyl adjacent to an activating group) is 1. The summed E-state index contributed by atoms with van der Waals surface area (Å²) in [6.45, 7) is 14.4. The van der Waals surface area contributed by atoms with Crippen molar-refractivity contribution >= 4 is 0 Å². The molecule has 1 aliphatic heterocycles. The summed E-state index contributed by atoms with van der Waals surface area (Å²) in [5.74, 6) is 0. The van der Waals surface area contributed by atoms with E-state index < -0.39 is 0 Å². The van der Waals surface area contributed by atoms with Crippen LogP contribution in [0.25, 0.3) is 0 Å². The molecule has 0 bridgehead atoms. The topological polar surface area (TPSA) is 15.3 Å². The smallest absolute Gasteiger partial charge is 0.0357 e. The van der Waals surface area contributed by atoms with E-state index in [9.17, 15) is 0 Å². The van der Waals surface area contributed by atoms with Crippen LogP contribution in [0.2, 0.25) is 0 Å². The monoisotopic (exact) mass is 268 g/mol. The Hall–Kier alpha value is -0.0800. The van der Waals surface area contributed by atoms with Crippen LogP contribution in [-0.4, -0.2) is 36.6 Å². The SMILES string of the molecule is CCC(CC)(C(CCC(C)(C)C)NC)N1CCCC1. The molecule has 1 fully saturated rings. The van der Waals surface area contributed by atoms with Crippen molar-refractivity contribution in [2.45, 2.75) is 84.7 Å². The molecule has 0 radical (unpaired) electrons. The molecule has 0 aromatic heterocycles. The third-order valence-corrected chi connectivity index (χ3v) is 5.14. The van der Waals surface area contributed by atoms with E-state index in [1.807, 2.05) is 0 Å². The van der Waals surface area contributed by atoms with Crippen LogP contribution in [0.3, 0.4) is 0 Å². The first kappa shape index (κ1) is 17.0. The Morgan fingerprint density at radius 1 is 1.05 bits per heavy atom. The van der Waals surface area contributed by atoms with Gasteiger partial charge in [-0.15, -0.1) is 0 Å². The van der Waals surface area contributed by atoms with Crippen molar-refractivity contribution in [2.24, 2.45) is 5.41 Å². The van der Waals surface area contributed by atoms with Gasteiger partial charge in [0.05, 0.1) is 0 Å². The van der Waals surface area contributed by atoms with Crippen LogP contribution < -0.4 is 5.32 Å². The van der Waals surface area contributed by atoms with Gasteiger partial charge in [-0.1, -0.05) is 34.6 Å². The average Bonchev–Trinajstić information content (AvgIpc) is 2.88. The number of rotatable bonds is 7. The summed E-state index contributed by atoms with van der Waals surface area (Å²) < 4.78 is 0. The molecule has 0 aromatic carbocycles. The van der Waals surface area contributed by atoms with E-state index >= 15 is 0 Å².